The molecule has 68 valence electrons. The quantitative estimate of drug-likeness (QED) is 0.636. The number of rotatable bonds is 2. The highest BCUT2D eigenvalue weighted by atomic mass is 16.1. The fourth-order valence-electron chi connectivity index (χ4n) is 1.78. The van der Waals surface area contributed by atoms with Crippen LogP contribution < -0.4 is 4.90 Å². The summed E-state index contributed by atoms with van der Waals surface area (Å²) in [5, 5.41) is 0. The number of hydrogen-bond acceptors (Lipinski definition) is 3. The van der Waals surface area contributed by atoms with E-state index in [9.17, 15) is 4.79 Å². The summed E-state index contributed by atoms with van der Waals surface area (Å²) in [4.78, 5) is 16.9. The summed E-state index contributed by atoms with van der Waals surface area (Å²) in [5.74, 6) is 0. The molecule has 0 radical (unpaired) electrons. The van der Waals surface area contributed by atoms with Gasteiger partial charge in [-0.05, 0) is 25.0 Å². The number of anilines is 1. The highest BCUT2D eigenvalue weighted by Gasteiger charge is 2.23. The van der Waals surface area contributed by atoms with Crippen molar-refractivity contribution < 1.29 is 4.79 Å². The Hall–Kier alpha value is -1.38. The molecule has 1 aliphatic rings. The number of aromatic nitrogens is 1. The summed E-state index contributed by atoms with van der Waals surface area (Å²) in [5.41, 5.74) is 1.05. The van der Waals surface area contributed by atoms with E-state index in [0.717, 1.165) is 31.4 Å². The molecule has 0 N–H and O–H groups in total. The monoisotopic (exact) mass is 176 g/mol. The summed E-state index contributed by atoms with van der Waals surface area (Å²) in [6, 6.07) is 3.95. The molecule has 1 aromatic heterocycles. The molecule has 0 aliphatic carbocycles. The smallest absolute Gasteiger partial charge is 0.142 e. The zero-order valence-corrected chi connectivity index (χ0v) is 7.39. The van der Waals surface area contributed by atoms with E-state index in [1.165, 1.54) is 0 Å². The zero-order chi connectivity index (χ0) is 9.10. The highest BCUT2D eigenvalue weighted by Crippen LogP contribution is 2.22. The van der Waals surface area contributed by atoms with Gasteiger partial charge in [0.25, 0.3) is 0 Å². The molecule has 2 heterocycles. The number of carbonyl (C=O) groups excluding carboxylic acids is 1. The minimum atomic E-state index is 0.0594. The van der Waals surface area contributed by atoms with E-state index in [0.29, 0.717) is 0 Å². The average Bonchev–Trinajstić information content (AvgIpc) is 2.67. The Morgan fingerprint density at radius 3 is 3.23 bits per heavy atom. The summed E-state index contributed by atoms with van der Waals surface area (Å²) in [6.45, 7) is 0.967. The number of hydrogen-bond donors (Lipinski definition) is 0. The Labute approximate surface area is 77.4 Å². The predicted molar refractivity (Wildman–Crippen MR) is 50.7 cm³/mol. The van der Waals surface area contributed by atoms with Crippen LogP contribution in [0, 0.1) is 0 Å². The van der Waals surface area contributed by atoms with Crippen molar-refractivity contribution in [1.82, 2.24) is 4.98 Å². The Morgan fingerprint density at radius 1 is 1.62 bits per heavy atom. The van der Waals surface area contributed by atoms with E-state index in [1.807, 2.05) is 18.3 Å². The van der Waals surface area contributed by atoms with Gasteiger partial charge in [0.15, 0.2) is 0 Å². The molecule has 1 atom stereocenters. The summed E-state index contributed by atoms with van der Waals surface area (Å²) >= 11 is 0. The van der Waals surface area contributed by atoms with Gasteiger partial charge in [-0.15, -0.1) is 0 Å². The van der Waals surface area contributed by atoms with E-state index in [-0.39, 0.29) is 6.04 Å². The first-order valence-corrected chi connectivity index (χ1v) is 4.54. The van der Waals surface area contributed by atoms with Crippen LogP contribution in [0.1, 0.15) is 12.8 Å². The second-order valence-electron chi connectivity index (χ2n) is 3.25. The standard InChI is InChI=1S/C10H12N2O/c13-8-10-4-2-6-12(10)9-3-1-5-11-7-9/h1,3,5,7-8,10H,2,4,6H2. The van der Waals surface area contributed by atoms with E-state index in [2.05, 4.69) is 9.88 Å². The maximum atomic E-state index is 10.7. The van der Waals surface area contributed by atoms with Crippen molar-refractivity contribution in [3.63, 3.8) is 0 Å². The Morgan fingerprint density at radius 2 is 2.54 bits per heavy atom. The van der Waals surface area contributed by atoms with Crippen molar-refractivity contribution in [3.05, 3.63) is 24.5 Å². The molecule has 0 saturated carbocycles. The first-order chi connectivity index (χ1) is 6.42. The highest BCUT2D eigenvalue weighted by molar-refractivity contribution is 5.66. The van der Waals surface area contributed by atoms with Gasteiger partial charge in [-0.3, -0.25) is 4.98 Å². The lowest BCUT2D eigenvalue weighted by molar-refractivity contribution is -0.108. The topological polar surface area (TPSA) is 33.2 Å². The molecule has 3 nitrogen and oxygen atoms in total. The van der Waals surface area contributed by atoms with Crippen LogP contribution in [0.5, 0.6) is 0 Å². The molecule has 3 heteroatoms. The minimum absolute atomic E-state index is 0.0594. The molecule has 1 fully saturated rings. The molecule has 1 aliphatic heterocycles. The maximum absolute atomic E-state index is 10.7. The van der Waals surface area contributed by atoms with Crippen molar-refractivity contribution in [2.24, 2.45) is 0 Å². The number of pyridine rings is 1. The SMILES string of the molecule is O=CC1CCCN1c1cccnc1. The fraction of sp³-hybridized carbons (Fsp3) is 0.400. The largest absolute Gasteiger partial charge is 0.361 e. The molecule has 1 saturated heterocycles. The summed E-state index contributed by atoms with van der Waals surface area (Å²) in [6.07, 6.45) is 6.65. The van der Waals surface area contributed by atoms with Crippen LogP contribution in [0.4, 0.5) is 5.69 Å². The van der Waals surface area contributed by atoms with Crippen LogP contribution in [0.3, 0.4) is 0 Å². The third-order valence-electron chi connectivity index (χ3n) is 2.43. The lowest BCUT2D eigenvalue weighted by Crippen LogP contribution is -2.30. The molecule has 1 unspecified atom stereocenters. The van der Waals surface area contributed by atoms with Gasteiger partial charge in [0.1, 0.15) is 6.29 Å². The molecular weight excluding hydrogens is 164 g/mol. The van der Waals surface area contributed by atoms with Gasteiger partial charge in [-0.25, -0.2) is 0 Å². The van der Waals surface area contributed by atoms with Gasteiger partial charge in [-0.1, -0.05) is 0 Å². The van der Waals surface area contributed by atoms with Gasteiger partial charge >= 0.3 is 0 Å². The van der Waals surface area contributed by atoms with E-state index < -0.39 is 0 Å². The molecule has 13 heavy (non-hydrogen) atoms. The molecule has 0 amide bonds. The Kier molecular flexibility index (Phi) is 2.25. The Bertz CT molecular complexity index is 286. The third kappa shape index (κ3) is 1.54. The number of carbonyl (C=O) groups is 1. The molecule has 1 aromatic rings. The molecule has 0 aromatic carbocycles. The first kappa shape index (κ1) is 8.23. The average molecular weight is 176 g/mol. The lowest BCUT2D eigenvalue weighted by atomic mass is 10.2. The van der Waals surface area contributed by atoms with E-state index in [4.69, 9.17) is 0 Å². The van der Waals surface area contributed by atoms with Crippen LogP contribution in [0.15, 0.2) is 24.5 Å². The van der Waals surface area contributed by atoms with Crippen molar-refractivity contribution in [2.45, 2.75) is 18.9 Å². The summed E-state index contributed by atoms with van der Waals surface area (Å²) < 4.78 is 0. The molecule has 0 spiro atoms. The lowest BCUT2D eigenvalue weighted by Gasteiger charge is -2.21. The minimum Gasteiger partial charge on any atom is -0.361 e. The molecular formula is C10H12N2O. The van der Waals surface area contributed by atoms with Gasteiger partial charge < -0.3 is 9.69 Å². The number of nitrogens with zero attached hydrogens (tertiary/aromatic N) is 2. The molecule has 2 rings (SSSR count). The van der Waals surface area contributed by atoms with Gasteiger partial charge in [-0.2, -0.15) is 0 Å². The van der Waals surface area contributed by atoms with Crippen LogP contribution in [0.25, 0.3) is 0 Å². The maximum Gasteiger partial charge on any atom is 0.142 e. The van der Waals surface area contributed by atoms with Crippen molar-refractivity contribution in [3.8, 4) is 0 Å². The van der Waals surface area contributed by atoms with E-state index in [1.54, 1.807) is 6.20 Å². The van der Waals surface area contributed by atoms with Crippen LogP contribution in [-0.2, 0) is 4.79 Å². The zero-order valence-electron chi connectivity index (χ0n) is 7.39. The van der Waals surface area contributed by atoms with Crippen molar-refractivity contribution in [1.29, 1.82) is 0 Å². The number of aldehydes is 1. The van der Waals surface area contributed by atoms with Gasteiger partial charge in [0.05, 0.1) is 17.9 Å². The normalized spacial score (nSPS) is 21.8. The first-order valence-electron chi connectivity index (χ1n) is 4.54. The van der Waals surface area contributed by atoms with Gasteiger partial charge in [0.2, 0.25) is 0 Å². The van der Waals surface area contributed by atoms with Crippen LogP contribution in [0.2, 0.25) is 0 Å². The van der Waals surface area contributed by atoms with Crippen LogP contribution >= 0.6 is 0 Å². The predicted octanol–water partition coefficient (Wildman–Crippen LogP) is 1.25. The Balaban J connectivity index is 2.21. The second-order valence-corrected chi connectivity index (χ2v) is 3.25. The summed E-state index contributed by atoms with van der Waals surface area (Å²) in [7, 11) is 0. The third-order valence-corrected chi connectivity index (χ3v) is 2.43. The van der Waals surface area contributed by atoms with Crippen LogP contribution in [-0.4, -0.2) is 23.9 Å². The molecule has 0 bridgehead atoms. The van der Waals surface area contributed by atoms with Gasteiger partial charge in [0, 0.05) is 12.7 Å². The van der Waals surface area contributed by atoms with Crippen molar-refractivity contribution >= 4 is 12.0 Å². The second kappa shape index (κ2) is 3.56. The fourth-order valence-corrected chi connectivity index (χ4v) is 1.78. The van der Waals surface area contributed by atoms with E-state index >= 15 is 0 Å². The van der Waals surface area contributed by atoms with Crippen molar-refractivity contribution in [2.75, 3.05) is 11.4 Å².